The Hall–Kier alpha value is -1.03. The normalized spacial score (nSPS) is 26.9. The van der Waals surface area contributed by atoms with E-state index in [1.807, 2.05) is 0 Å². The van der Waals surface area contributed by atoms with Gasteiger partial charge in [0, 0.05) is 30.4 Å². The Bertz CT molecular complexity index is 477. The monoisotopic (exact) mass is 276 g/mol. The van der Waals surface area contributed by atoms with E-state index in [0.29, 0.717) is 11.5 Å². The van der Waals surface area contributed by atoms with Crippen molar-refractivity contribution < 1.29 is 0 Å². The van der Waals surface area contributed by atoms with E-state index in [9.17, 15) is 0 Å². The van der Waals surface area contributed by atoms with Crippen LogP contribution in [0.3, 0.4) is 0 Å². The van der Waals surface area contributed by atoms with Crippen LogP contribution in [0, 0.1) is 11.3 Å². The Labute approximate surface area is 122 Å². The van der Waals surface area contributed by atoms with Gasteiger partial charge in [-0.05, 0) is 37.0 Å². The number of nitrogens with one attached hydrogen (secondary N) is 1. The summed E-state index contributed by atoms with van der Waals surface area (Å²) in [6.45, 7) is 9.15. The fourth-order valence-corrected chi connectivity index (χ4v) is 3.68. The first-order valence-corrected chi connectivity index (χ1v) is 8.08. The lowest BCUT2D eigenvalue weighted by atomic mass is 9.69. The van der Waals surface area contributed by atoms with Gasteiger partial charge in [-0.2, -0.15) is 5.10 Å². The molecule has 1 saturated heterocycles. The van der Waals surface area contributed by atoms with Gasteiger partial charge < -0.3 is 10.6 Å². The SMILES string of the molecule is CCC(C)(C)C1CCc2[nH]nc(N3CCC(N)C3)c2C1. The zero-order valence-corrected chi connectivity index (χ0v) is 13.1. The van der Waals surface area contributed by atoms with Crippen LogP contribution in [0.1, 0.15) is 51.3 Å². The first kappa shape index (κ1) is 13.9. The van der Waals surface area contributed by atoms with Crippen molar-refractivity contribution in [1.82, 2.24) is 10.2 Å². The second kappa shape index (κ2) is 5.06. The molecule has 0 spiro atoms. The fourth-order valence-electron chi connectivity index (χ4n) is 3.68. The van der Waals surface area contributed by atoms with Crippen LogP contribution in [0.4, 0.5) is 5.82 Å². The Morgan fingerprint density at radius 2 is 2.20 bits per heavy atom. The second-order valence-corrected chi connectivity index (χ2v) is 7.28. The number of anilines is 1. The smallest absolute Gasteiger partial charge is 0.153 e. The summed E-state index contributed by atoms with van der Waals surface area (Å²) in [5, 5.41) is 7.88. The molecule has 1 aliphatic carbocycles. The van der Waals surface area contributed by atoms with Crippen molar-refractivity contribution in [3.05, 3.63) is 11.3 Å². The minimum atomic E-state index is 0.314. The van der Waals surface area contributed by atoms with Crippen molar-refractivity contribution in [2.45, 2.75) is 58.9 Å². The Kier molecular flexibility index (Phi) is 3.53. The van der Waals surface area contributed by atoms with Gasteiger partial charge >= 0.3 is 0 Å². The summed E-state index contributed by atoms with van der Waals surface area (Å²) < 4.78 is 0. The average Bonchev–Trinajstić information content (AvgIpc) is 3.03. The van der Waals surface area contributed by atoms with Crippen LogP contribution >= 0.6 is 0 Å². The van der Waals surface area contributed by atoms with Gasteiger partial charge in [0.15, 0.2) is 5.82 Å². The van der Waals surface area contributed by atoms with Gasteiger partial charge in [0.1, 0.15) is 0 Å². The number of hydrogen-bond acceptors (Lipinski definition) is 3. The van der Waals surface area contributed by atoms with E-state index in [0.717, 1.165) is 31.8 Å². The maximum absolute atomic E-state index is 6.05. The lowest BCUT2D eigenvalue weighted by Gasteiger charge is -2.36. The fraction of sp³-hybridized carbons (Fsp3) is 0.812. The topological polar surface area (TPSA) is 57.9 Å². The second-order valence-electron chi connectivity index (χ2n) is 7.28. The molecule has 0 radical (unpaired) electrons. The Morgan fingerprint density at radius 1 is 1.40 bits per heavy atom. The lowest BCUT2D eigenvalue weighted by Crippen LogP contribution is -2.31. The molecule has 2 unspecified atom stereocenters. The van der Waals surface area contributed by atoms with Crippen molar-refractivity contribution in [3.63, 3.8) is 0 Å². The summed E-state index contributed by atoms with van der Waals surface area (Å²) in [5.41, 5.74) is 9.30. The van der Waals surface area contributed by atoms with Crippen molar-refractivity contribution in [1.29, 1.82) is 0 Å². The molecule has 4 heteroatoms. The predicted octanol–water partition coefficient (Wildman–Crippen LogP) is 2.49. The lowest BCUT2D eigenvalue weighted by molar-refractivity contribution is 0.182. The summed E-state index contributed by atoms with van der Waals surface area (Å²) in [6, 6.07) is 0.314. The standard InChI is InChI=1S/C16H28N4/c1-4-16(2,3)11-5-6-14-13(9-11)15(19-18-14)20-8-7-12(17)10-20/h11-12H,4-10,17H2,1-3H3,(H,18,19). The molecular weight excluding hydrogens is 248 g/mol. The molecule has 112 valence electrons. The van der Waals surface area contributed by atoms with E-state index in [4.69, 9.17) is 5.73 Å². The van der Waals surface area contributed by atoms with Crippen LogP contribution in [0.25, 0.3) is 0 Å². The number of aromatic nitrogens is 2. The molecule has 2 heterocycles. The molecule has 1 aromatic rings. The highest BCUT2D eigenvalue weighted by molar-refractivity contribution is 5.51. The van der Waals surface area contributed by atoms with Gasteiger partial charge in [-0.1, -0.05) is 27.2 Å². The summed E-state index contributed by atoms with van der Waals surface area (Å²) in [6.07, 6.45) is 5.94. The molecule has 0 saturated carbocycles. The van der Waals surface area contributed by atoms with Crippen LogP contribution in [-0.4, -0.2) is 29.3 Å². The highest BCUT2D eigenvalue weighted by atomic mass is 15.3. The third-order valence-corrected chi connectivity index (χ3v) is 5.66. The molecule has 2 atom stereocenters. The van der Waals surface area contributed by atoms with Crippen molar-refractivity contribution in [3.8, 4) is 0 Å². The summed E-state index contributed by atoms with van der Waals surface area (Å²) in [5.74, 6) is 1.96. The molecular formula is C16H28N4. The molecule has 4 nitrogen and oxygen atoms in total. The number of nitrogens with two attached hydrogens (primary N) is 1. The third kappa shape index (κ3) is 2.34. The van der Waals surface area contributed by atoms with Crippen LogP contribution in [-0.2, 0) is 12.8 Å². The van der Waals surface area contributed by atoms with E-state index in [1.54, 1.807) is 0 Å². The summed E-state index contributed by atoms with van der Waals surface area (Å²) in [7, 11) is 0. The molecule has 0 amide bonds. The highest BCUT2D eigenvalue weighted by Crippen LogP contribution is 2.41. The number of aromatic amines is 1. The minimum absolute atomic E-state index is 0.314. The average molecular weight is 276 g/mol. The number of H-pyrrole nitrogens is 1. The first-order chi connectivity index (χ1) is 9.51. The zero-order chi connectivity index (χ0) is 14.3. The molecule has 0 bridgehead atoms. The van der Waals surface area contributed by atoms with Gasteiger partial charge in [0.05, 0.1) is 0 Å². The molecule has 0 aromatic carbocycles. The summed E-state index contributed by atoms with van der Waals surface area (Å²) >= 11 is 0. The van der Waals surface area contributed by atoms with E-state index in [2.05, 4.69) is 35.9 Å². The first-order valence-electron chi connectivity index (χ1n) is 8.08. The number of nitrogens with zero attached hydrogens (tertiary/aromatic N) is 2. The largest absolute Gasteiger partial charge is 0.353 e. The maximum atomic E-state index is 6.05. The molecule has 3 rings (SSSR count). The minimum Gasteiger partial charge on any atom is -0.353 e. The zero-order valence-electron chi connectivity index (χ0n) is 13.1. The van der Waals surface area contributed by atoms with Crippen LogP contribution in [0.15, 0.2) is 0 Å². The quantitative estimate of drug-likeness (QED) is 0.891. The Morgan fingerprint density at radius 3 is 2.85 bits per heavy atom. The number of hydrogen-bond donors (Lipinski definition) is 2. The molecule has 1 aromatic heterocycles. The highest BCUT2D eigenvalue weighted by Gasteiger charge is 2.35. The number of aryl methyl sites for hydroxylation is 1. The van der Waals surface area contributed by atoms with Gasteiger partial charge in [-0.15, -0.1) is 0 Å². The Balaban J connectivity index is 1.83. The van der Waals surface area contributed by atoms with E-state index >= 15 is 0 Å². The van der Waals surface area contributed by atoms with E-state index < -0.39 is 0 Å². The van der Waals surface area contributed by atoms with Gasteiger partial charge in [-0.25, -0.2) is 0 Å². The van der Waals surface area contributed by atoms with Crippen molar-refractivity contribution in [2.24, 2.45) is 17.1 Å². The predicted molar refractivity (Wildman–Crippen MR) is 83.0 cm³/mol. The van der Waals surface area contributed by atoms with Crippen LogP contribution in [0.2, 0.25) is 0 Å². The maximum Gasteiger partial charge on any atom is 0.153 e. The molecule has 20 heavy (non-hydrogen) atoms. The molecule has 1 aliphatic heterocycles. The van der Waals surface area contributed by atoms with Crippen molar-refractivity contribution in [2.75, 3.05) is 18.0 Å². The summed E-state index contributed by atoms with van der Waals surface area (Å²) in [4.78, 5) is 2.38. The molecule has 1 fully saturated rings. The molecule has 3 N–H and O–H groups in total. The van der Waals surface area contributed by atoms with Crippen molar-refractivity contribution >= 4 is 5.82 Å². The van der Waals surface area contributed by atoms with E-state index in [1.165, 1.54) is 36.3 Å². The van der Waals surface area contributed by atoms with Crippen LogP contribution in [0.5, 0.6) is 0 Å². The third-order valence-electron chi connectivity index (χ3n) is 5.66. The van der Waals surface area contributed by atoms with E-state index in [-0.39, 0.29) is 0 Å². The number of rotatable bonds is 3. The van der Waals surface area contributed by atoms with Gasteiger partial charge in [-0.3, -0.25) is 5.10 Å². The molecule has 2 aliphatic rings. The van der Waals surface area contributed by atoms with Gasteiger partial charge in [0.2, 0.25) is 0 Å². The van der Waals surface area contributed by atoms with Gasteiger partial charge in [0.25, 0.3) is 0 Å². The van der Waals surface area contributed by atoms with Crippen LogP contribution < -0.4 is 10.6 Å². The number of fused-ring (bicyclic) bond motifs is 1.